The highest BCUT2D eigenvalue weighted by Gasteiger charge is 2.22. The molecule has 0 bridgehead atoms. The fourth-order valence-electron chi connectivity index (χ4n) is 3.41. The standard InChI is InChI=1S/C24H25ClN2O2/c1-16(2)13-21-23(24(29)26-20-12-8-7-11-19(20)25)22(28)14-17(3)27(21)15-18-9-5-4-6-10-18/h4-12,14,16H,13,15H2,1-3H3,(H,26,29). The topological polar surface area (TPSA) is 51.1 Å². The first-order valence-electron chi connectivity index (χ1n) is 9.70. The summed E-state index contributed by atoms with van der Waals surface area (Å²) < 4.78 is 2.07. The number of anilines is 1. The van der Waals surface area contributed by atoms with Gasteiger partial charge in [0.25, 0.3) is 5.91 Å². The summed E-state index contributed by atoms with van der Waals surface area (Å²) in [6, 6.07) is 18.6. The summed E-state index contributed by atoms with van der Waals surface area (Å²) in [6.07, 6.45) is 0.620. The predicted molar refractivity (Wildman–Crippen MR) is 119 cm³/mol. The van der Waals surface area contributed by atoms with E-state index in [4.69, 9.17) is 11.6 Å². The molecule has 0 unspecified atom stereocenters. The number of aryl methyl sites for hydroxylation is 1. The maximum absolute atomic E-state index is 13.1. The molecular weight excluding hydrogens is 384 g/mol. The number of benzene rings is 2. The Morgan fingerprint density at radius 1 is 1.07 bits per heavy atom. The van der Waals surface area contributed by atoms with Crippen LogP contribution in [0.3, 0.4) is 0 Å². The Morgan fingerprint density at radius 3 is 2.38 bits per heavy atom. The lowest BCUT2D eigenvalue weighted by molar-refractivity contribution is 0.102. The number of amides is 1. The molecule has 0 saturated heterocycles. The first-order chi connectivity index (χ1) is 13.9. The maximum Gasteiger partial charge on any atom is 0.261 e. The molecule has 1 heterocycles. The van der Waals surface area contributed by atoms with Crippen molar-refractivity contribution < 1.29 is 4.79 Å². The Bertz CT molecular complexity index is 1070. The number of hydrogen-bond acceptors (Lipinski definition) is 2. The summed E-state index contributed by atoms with van der Waals surface area (Å²) in [4.78, 5) is 26.0. The fourth-order valence-corrected chi connectivity index (χ4v) is 3.59. The highest BCUT2D eigenvalue weighted by Crippen LogP contribution is 2.22. The molecule has 0 saturated carbocycles. The van der Waals surface area contributed by atoms with E-state index in [1.54, 1.807) is 24.3 Å². The van der Waals surface area contributed by atoms with Crippen LogP contribution in [-0.2, 0) is 13.0 Å². The second kappa shape index (κ2) is 9.10. The van der Waals surface area contributed by atoms with Gasteiger partial charge in [-0.1, -0.05) is 67.9 Å². The quantitative estimate of drug-likeness (QED) is 0.600. The minimum Gasteiger partial charge on any atom is -0.343 e. The Hall–Kier alpha value is -2.85. The van der Waals surface area contributed by atoms with Crippen LogP contribution in [0.4, 0.5) is 5.69 Å². The van der Waals surface area contributed by atoms with Crippen molar-refractivity contribution >= 4 is 23.2 Å². The van der Waals surface area contributed by atoms with Gasteiger partial charge in [-0.3, -0.25) is 9.59 Å². The van der Waals surface area contributed by atoms with Gasteiger partial charge in [0.05, 0.1) is 10.7 Å². The number of halogens is 1. The summed E-state index contributed by atoms with van der Waals surface area (Å²) in [5, 5.41) is 3.24. The average molecular weight is 409 g/mol. The van der Waals surface area contributed by atoms with E-state index in [0.717, 1.165) is 17.0 Å². The molecule has 0 aliphatic carbocycles. The molecule has 5 heteroatoms. The van der Waals surface area contributed by atoms with Gasteiger partial charge >= 0.3 is 0 Å². The Morgan fingerprint density at radius 2 is 1.72 bits per heavy atom. The Balaban J connectivity index is 2.09. The number of rotatable bonds is 6. The van der Waals surface area contributed by atoms with E-state index in [0.29, 0.717) is 23.7 Å². The highest BCUT2D eigenvalue weighted by molar-refractivity contribution is 6.33. The molecule has 0 aliphatic heterocycles. The zero-order valence-corrected chi connectivity index (χ0v) is 17.7. The highest BCUT2D eigenvalue weighted by atomic mass is 35.5. The van der Waals surface area contributed by atoms with E-state index in [2.05, 4.69) is 23.7 Å². The summed E-state index contributed by atoms with van der Waals surface area (Å²) in [7, 11) is 0. The van der Waals surface area contributed by atoms with Gasteiger partial charge < -0.3 is 9.88 Å². The Labute approximate surface area is 176 Å². The second-order valence-corrected chi connectivity index (χ2v) is 7.98. The molecule has 4 nitrogen and oxygen atoms in total. The van der Waals surface area contributed by atoms with Gasteiger partial charge in [-0.25, -0.2) is 0 Å². The van der Waals surface area contributed by atoms with E-state index in [1.807, 2.05) is 37.3 Å². The number of carbonyl (C=O) groups excluding carboxylic acids is 1. The summed E-state index contributed by atoms with van der Waals surface area (Å²) in [5.74, 6) is -0.148. The van der Waals surface area contributed by atoms with Gasteiger partial charge in [0.2, 0.25) is 0 Å². The van der Waals surface area contributed by atoms with Gasteiger partial charge in [0.15, 0.2) is 5.43 Å². The number of pyridine rings is 1. The van der Waals surface area contributed by atoms with Gasteiger partial charge in [0, 0.05) is 24.0 Å². The molecule has 2 aromatic carbocycles. The van der Waals surface area contributed by atoms with Crippen molar-refractivity contribution in [3.63, 3.8) is 0 Å². The Kier molecular flexibility index (Phi) is 6.55. The molecule has 150 valence electrons. The van der Waals surface area contributed by atoms with E-state index in [9.17, 15) is 9.59 Å². The van der Waals surface area contributed by atoms with Gasteiger partial charge in [-0.2, -0.15) is 0 Å². The molecule has 0 fully saturated rings. The van der Waals surface area contributed by atoms with Crippen LogP contribution in [0.25, 0.3) is 0 Å². The monoisotopic (exact) mass is 408 g/mol. The van der Waals surface area contributed by atoms with Crippen molar-refractivity contribution in [2.75, 3.05) is 5.32 Å². The van der Waals surface area contributed by atoms with Crippen LogP contribution < -0.4 is 10.7 Å². The lowest BCUT2D eigenvalue weighted by atomic mass is 10.00. The van der Waals surface area contributed by atoms with E-state index < -0.39 is 5.91 Å². The van der Waals surface area contributed by atoms with Crippen LogP contribution in [0.5, 0.6) is 0 Å². The van der Waals surface area contributed by atoms with Crippen molar-refractivity contribution in [2.24, 2.45) is 5.92 Å². The maximum atomic E-state index is 13.1. The van der Waals surface area contributed by atoms with E-state index in [1.165, 1.54) is 6.07 Å². The second-order valence-electron chi connectivity index (χ2n) is 7.58. The molecule has 29 heavy (non-hydrogen) atoms. The van der Waals surface area contributed by atoms with Gasteiger partial charge in [0.1, 0.15) is 5.56 Å². The zero-order valence-electron chi connectivity index (χ0n) is 16.9. The van der Waals surface area contributed by atoms with E-state index in [-0.39, 0.29) is 16.9 Å². The predicted octanol–water partition coefficient (Wildman–Crippen LogP) is 5.31. The number of nitrogens with one attached hydrogen (secondary N) is 1. The number of aromatic nitrogens is 1. The molecule has 0 atom stereocenters. The summed E-state index contributed by atoms with van der Waals surface area (Å²) >= 11 is 6.19. The minimum atomic E-state index is -0.430. The molecule has 1 N–H and O–H groups in total. The van der Waals surface area contributed by atoms with Crippen LogP contribution in [0, 0.1) is 12.8 Å². The lowest BCUT2D eigenvalue weighted by Crippen LogP contribution is -2.29. The molecule has 3 aromatic rings. The number of carbonyl (C=O) groups is 1. The fraction of sp³-hybridized carbons (Fsp3) is 0.250. The largest absolute Gasteiger partial charge is 0.343 e. The van der Waals surface area contributed by atoms with Gasteiger partial charge in [-0.05, 0) is 37.0 Å². The minimum absolute atomic E-state index is 0.181. The molecule has 1 aromatic heterocycles. The van der Waals surface area contributed by atoms with Crippen molar-refractivity contribution in [1.82, 2.24) is 4.57 Å². The SMILES string of the molecule is Cc1cc(=O)c(C(=O)Nc2ccccc2Cl)c(CC(C)C)n1Cc1ccccc1. The van der Waals surface area contributed by atoms with E-state index >= 15 is 0 Å². The number of nitrogens with zero attached hydrogens (tertiary/aromatic N) is 1. The van der Waals surface area contributed by atoms with Crippen LogP contribution >= 0.6 is 11.6 Å². The lowest BCUT2D eigenvalue weighted by Gasteiger charge is -2.21. The summed E-state index contributed by atoms with van der Waals surface area (Å²) in [6.45, 7) is 6.66. The number of para-hydroxylation sites is 1. The van der Waals surface area contributed by atoms with Crippen LogP contribution in [0.2, 0.25) is 5.02 Å². The molecule has 0 radical (unpaired) electrons. The van der Waals surface area contributed by atoms with Crippen molar-refractivity contribution in [1.29, 1.82) is 0 Å². The third-order valence-corrected chi connectivity index (χ3v) is 5.09. The van der Waals surface area contributed by atoms with Crippen LogP contribution in [0.15, 0.2) is 65.5 Å². The molecule has 3 rings (SSSR count). The van der Waals surface area contributed by atoms with Crippen LogP contribution in [-0.4, -0.2) is 10.5 Å². The van der Waals surface area contributed by atoms with Crippen molar-refractivity contribution in [3.05, 3.63) is 98.4 Å². The average Bonchev–Trinajstić information content (AvgIpc) is 2.67. The van der Waals surface area contributed by atoms with Crippen LogP contribution in [0.1, 0.15) is 41.2 Å². The van der Waals surface area contributed by atoms with Gasteiger partial charge in [-0.15, -0.1) is 0 Å². The summed E-state index contributed by atoms with van der Waals surface area (Å²) in [5.41, 5.74) is 3.10. The van der Waals surface area contributed by atoms with Crippen molar-refractivity contribution in [2.45, 2.75) is 33.7 Å². The zero-order chi connectivity index (χ0) is 21.0. The number of hydrogen-bond donors (Lipinski definition) is 1. The normalized spacial score (nSPS) is 10.9. The molecule has 0 spiro atoms. The first-order valence-corrected chi connectivity index (χ1v) is 10.1. The molecule has 1 amide bonds. The van der Waals surface area contributed by atoms with Crippen molar-refractivity contribution in [3.8, 4) is 0 Å². The molecule has 0 aliphatic rings. The third kappa shape index (κ3) is 4.96. The molecular formula is C24H25ClN2O2. The smallest absolute Gasteiger partial charge is 0.261 e. The third-order valence-electron chi connectivity index (χ3n) is 4.76. The first kappa shape index (κ1) is 20.9.